The molecule has 0 amide bonds. The van der Waals surface area contributed by atoms with Gasteiger partial charge in [0, 0.05) is 23.9 Å². The van der Waals surface area contributed by atoms with E-state index in [4.69, 9.17) is 10.4 Å². The van der Waals surface area contributed by atoms with E-state index in [9.17, 15) is 12.8 Å². The molecule has 5 nitrogen and oxygen atoms in total. The number of nitrogens with zero attached hydrogens (tertiary/aromatic N) is 2. The lowest BCUT2D eigenvalue weighted by molar-refractivity contribution is 0.588. The molecule has 0 fully saturated rings. The summed E-state index contributed by atoms with van der Waals surface area (Å²) in [7, 11) is -2.07. The summed E-state index contributed by atoms with van der Waals surface area (Å²) in [5, 5.41) is 13.8. The maximum atomic E-state index is 13.9. The Morgan fingerprint density at radius 3 is 2.55 bits per heavy atom. The molecule has 1 aromatic carbocycles. The van der Waals surface area contributed by atoms with Crippen molar-refractivity contribution in [3.05, 3.63) is 47.4 Å². The minimum atomic E-state index is -3.77. The van der Waals surface area contributed by atoms with Crippen molar-refractivity contribution < 1.29 is 12.8 Å². The smallest absolute Gasteiger partial charge is 0.213 e. The molecular formula is C13H12FN3O2S. The predicted molar refractivity (Wildman–Crippen MR) is 72.3 cm³/mol. The van der Waals surface area contributed by atoms with Crippen LogP contribution in [0.2, 0.25) is 0 Å². The third kappa shape index (κ3) is 2.87. The first kappa shape index (κ1) is 14.2. The van der Waals surface area contributed by atoms with Crippen molar-refractivity contribution in [2.75, 3.05) is 0 Å². The van der Waals surface area contributed by atoms with Crippen molar-refractivity contribution >= 4 is 10.0 Å². The number of nitrogens with two attached hydrogens (primary N) is 1. The second-order valence-electron chi connectivity index (χ2n) is 4.39. The standard InChI is InChI=1S/C13H12FN3O2S/c1-17-11(7-15)4-5-13(17)9-2-3-10(12(14)6-9)8-20(16,18)19/h2-6H,8H2,1H3,(H2,16,18,19). The van der Waals surface area contributed by atoms with Crippen LogP contribution in [0.1, 0.15) is 11.3 Å². The van der Waals surface area contributed by atoms with Gasteiger partial charge in [0.25, 0.3) is 0 Å². The quantitative estimate of drug-likeness (QED) is 0.929. The van der Waals surface area contributed by atoms with E-state index in [-0.39, 0.29) is 5.56 Å². The highest BCUT2D eigenvalue weighted by Gasteiger charge is 2.13. The van der Waals surface area contributed by atoms with E-state index in [0.717, 1.165) is 0 Å². The Labute approximate surface area is 116 Å². The fourth-order valence-electron chi connectivity index (χ4n) is 1.95. The number of primary sulfonamides is 1. The van der Waals surface area contributed by atoms with Gasteiger partial charge in [-0.05, 0) is 18.2 Å². The molecule has 2 aromatic rings. The third-order valence-corrected chi connectivity index (χ3v) is 3.66. The van der Waals surface area contributed by atoms with Crippen molar-refractivity contribution in [1.29, 1.82) is 5.26 Å². The normalized spacial score (nSPS) is 11.3. The van der Waals surface area contributed by atoms with Gasteiger partial charge in [-0.1, -0.05) is 12.1 Å². The summed E-state index contributed by atoms with van der Waals surface area (Å²) in [6, 6.07) is 9.56. The summed E-state index contributed by atoms with van der Waals surface area (Å²) in [4.78, 5) is 0. The van der Waals surface area contributed by atoms with Gasteiger partial charge < -0.3 is 4.57 Å². The molecule has 2 rings (SSSR count). The van der Waals surface area contributed by atoms with Gasteiger partial charge >= 0.3 is 0 Å². The van der Waals surface area contributed by atoms with Gasteiger partial charge in [-0.3, -0.25) is 0 Å². The molecule has 0 atom stereocenters. The van der Waals surface area contributed by atoms with Crippen molar-refractivity contribution in [3.8, 4) is 17.3 Å². The number of halogens is 1. The number of aromatic nitrogens is 1. The predicted octanol–water partition coefficient (Wildman–Crippen LogP) is 1.49. The lowest BCUT2D eigenvalue weighted by Gasteiger charge is -2.07. The molecule has 20 heavy (non-hydrogen) atoms. The number of nitriles is 1. The summed E-state index contributed by atoms with van der Waals surface area (Å²) < 4.78 is 37.5. The molecule has 0 spiro atoms. The van der Waals surface area contributed by atoms with Crippen LogP contribution in [0.25, 0.3) is 11.3 Å². The van der Waals surface area contributed by atoms with Crippen LogP contribution in [0, 0.1) is 17.1 Å². The van der Waals surface area contributed by atoms with Crippen LogP contribution >= 0.6 is 0 Å². The molecule has 0 bridgehead atoms. The zero-order valence-electron chi connectivity index (χ0n) is 10.7. The van der Waals surface area contributed by atoms with Crippen LogP contribution < -0.4 is 5.14 Å². The van der Waals surface area contributed by atoms with Gasteiger partial charge in [0.05, 0.1) is 5.75 Å². The molecule has 0 aliphatic rings. The summed E-state index contributed by atoms with van der Waals surface area (Å²) in [6.07, 6.45) is 0. The van der Waals surface area contributed by atoms with E-state index < -0.39 is 21.6 Å². The second kappa shape index (κ2) is 5.07. The molecule has 0 radical (unpaired) electrons. The SMILES string of the molecule is Cn1c(C#N)ccc1-c1ccc(CS(N)(=O)=O)c(F)c1. The molecular weight excluding hydrogens is 281 g/mol. The number of sulfonamides is 1. The molecule has 1 heterocycles. The summed E-state index contributed by atoms with van der Waals surface area (Å²) in [6.45, 7) is 0. The molecule has 0 aliphatic heterocycles. The van der Waals surface area contributed by atoms with Crippen LogP contribution in [0.3, 0.4) is 0 Å². The number of hydrogen-bond donors (Lipinski definition) is 1. The van der Waals surface area contributed by atoms with Crippen LogP contribution in [0.4, 0.5) is 4.39 Å². The van der Waals surface area contributed by atoms with E-state index in [2.05, 4.69) is 0 Å². The van der Waals surface area contributed by atoms with Gasteiger partial charge in [0.2, 0.25) is 10.0 Å². The topological polar surface area (TPSA) is 88.9 Å². The Morgan fingerprint density at radius 1 is 1.35 bits per heavy atom. The maximum Gasteiger partial charge on any atom is 0.213 e. The molecule has 1 aromatic heterocycles. The van der Waals surface area contributed by atoms with Crippen LogP contribution in [-0.4, -0.2) is 13.0 Å². The molecule has 2 N–H and O–H groups in total. The van der Waals surface area contributed by atoms with Gasteiger partial charge in [0.1, 0.15) is 17.6 Å². The minimum absolute atomic E-state index is 0.0194. The molecule has 0 saturated carbocycles. The fourth-order valence-corrected chi connectivity index (χ4v) is 2.62. The van der Waals surface area contributed by atoms with Crippen molar-refractivity contribution in [2.24, 2.45) is 12.2 Å². The Bertz CT molecular complexity index is 804. The highest BCUT2D eigenvalue weighted by Crippen LogP contribution is 2.24. The van der Waals surface area contributed by atoms with Crippen molar-refractivity contribution in [2.45, 2.75) is 5.75 Å². The van der Waals surface area contributed by atoms with Crippen LogP contribution in [-0.2, 0) is 22.8 Å². The lowest BCUT2D eigenvalue weighted by Crippen LogP contribution is -2.15. The first-order valence-corrected chi connectivity index (χ1v) is 7.38. The fraction of sp³-hybridized carbons (Fsp3) is 0.154. The van der Waals surface area contributed by atoms with E-state index in [0.29, 0.717) is 17.0 Å². The first-order chi connectivity index (χ1) is 9.31. The van der Waals surface area contributed by atoms with E-state index in [1.807, 2.05) is 6.07 Å². The maximum absolute atomic E-state index is 13.9. The van der Waals surface area contributed by atoms with E-state index in [1.165, 1.54) is 12.1 Å². The minimum Gasteiger partial charge on any atom is -0.335 e. The second-order valence-corrected chi connectivity index (χ2v) is 6.00. The monoisotopic (exact) mass is 293 g/mol. The van der Waals surface area contributed by atoms with E-state index in [1.54, 1.807) is 29.8 Å². The largest absolute Gasteiger partial charge is 0.335 e. The van der Waals surface area contributed by atoms with Crippen molar-refractivity contribution in [3.63, 3.8) is 0 Å². The highest BCUT2D eigenvalue weighted by molar-refractivity contribution is 7.88. The van der Waals surface area contributed by atoms with Gasteiger partial charge in [-0.25, -0.2) is 17.9 Å². The molecule has 0 aliphatic carbocycles. The lowest BCUT2D eigenvalue weighted by atomic mass is 10.1. The zero-order valence-corrected chi connectivity index (χ0v) is 11.5. The number of hydrogen-bond acceptors (Lipinski definition) is 3. The summed E-state index contributed by atoms with van der Waals surface area (Å²) in [5.41, 5.74) is 1.70. The number of benzene rings is 1. The van der Waals surface area contributed by atoms with Crippen LogP contribution in [0.5, 0.6) is 0 Å². The highest BCUT2D eigenvalue weighted by atomic mass is 32.2. The van der Waals surface area contributed by atoms with Gasteiger partial charge in [0.15, 0.2) is 0 Å². The van der Waals surface area contributed by atoms with E-state index >= 15 is 0 Å². The summed E-state index contributed by atoms with van der Waals surface area (Å²) in [5.74, 6) is -1.19. The van der Waals surface area contributed by atoms with Crippen molar-refractivity contribution in [1.82, 2.24) is 4.57 Å². The molecule has 7 heteroatoms. The zero-order chi connectivity index (χ0) is 14.9. The molecule has 104 valence electrons. The average molecular weight is 293 g/mol. The Balaban J connectivity index is 2.43. The summed E-state index contributed by atoms with van der Waals surface area (Å²) >= 11 is 0. The van der Waals surface area contributed by atoms with Gasteiger partial charge in [-0.2, -0.15) is 5.26 Å². The Kier molecular flexibility index (Phi) is 3.61. The van der Waals surface area contributed by atoms with Gasteiger partial charge in [-0.15, -0.1) is 0 Å². The molecule has 0 unspecified atom stereocenters. The first-order valence-electron chi connectivity index (χ1n) is 5.67. The molecule has 0 saturated heterocycles. The van der Waals surface area contributed by atoms with Crippen LogP contribution in [0.15, 0.2) is 30.3 Å². The number of rotatable bonds is 3. The third-order valence-electron chi connectivity index (χ3n) is 2.94. The Hall–Kier alpha value is -2.17. The Morgan fingerprint density at radius 2 is 2.05 bits per heavy atom. The average Bonchev–Trinajstić information content (AvgIpc) is 2.71.